The van der Waals surface area contributed by atoms with Gasteiger partial charge in [-0.15, -0.1) is 0 Å². The molecule has 8 nitrogen and oxygen atoms in total. The van der Waals surface area contributed by atoms with E-state index in [1.165, 1.54) is 13.0 Å². The summed E-state index contributed by atoms with van der Waals surface area (Å²) in [6, 6.07) is 5.91. The maximum Gasteiger partial charge on any atom is 0.336 e. The molecule has 0 spiro atoms. The molecule has 4 heterocycles. The Morgan fingerprint density at radius 3 is 2.93 bits per heavy atom. The molecule has 144 valence electrons. The number of fused-ring (bicyclic) bond motifs is 1. The van der Waals surface area contributed by atoms with Crippen LogP contribution >= 0.6 is 0 Å². The highest BCUT2D eigenvalue weighted by Gasteiger charge is 2.32. The minimum Gasteiger partial charge on any atom is -0.427 e. The van der Waals surface area contributed by atoms with E-state index >= 15 is 0 Å². The SMILES string of the molecule is CC(F)C1Cc2oc(=O)cc(CCc3noc(-c4ccccn4)n3)c2C(=O)N1. The van der Waals surface area contributed by atoms with Crippen molar-refractivity contribution in [3.8, 4) is 11.6 Å². The Bertz CT molecular complexity index is 1060. The molecular formula is C19H17FN4O4. The standard InChI is InChI=1S/C19H17FN4O4/c1-10(20)13-9-14-17(18(26)22-13)11(8-16(25)27-14)5-6-15-23-19(28-24-15)12-4-2-3-7-21-12/h2-4,7-8,10,13H,5-6,9H2,1H3,(H,22,26). The van der Waals surface area contributed by atoms with E-state index in [0.717, 1.165) is 0 Å². The van der Waals surface area contributed by atoms with Gasteiger partial charge in [0.2, 0.25) is 0 Å². The first-order valence-corrected chi connectivity index (χ1v) is 8.86. The van der Waals surface area contributed by atoms with Gasteiger partial charge in [0, 0.05) is 25.1 Å². The van der Waals surface area contributed by atoms with Gasteiger partial charge in [-0.2, -0.15) is 4.98 Å². The van der Waals surface area contributed by atoms with E-state index in [9.17, 15) is 14.0 Å². The maximum absolute atomic E-state index is 13.6. The zero-order valence-corrected chi connectivity index (χ0v) is 15.0. The lowest BCUT2D eigenvalue weighted by Gasteiger charge is -2.26. The number of aromatic nitrogens is 3. The molecule has 1 amide bonds. The average Bonchev–Trinajstić information content (AvgIpc) is 3.15. The molecule has 28 heavy (non-hydrogen) atoms. The number of pyridine rings is 1. The molecule has 0 saturated heterocycles. The number of hydrogen-bond donors (Lipinski definition) is 1. The summed E-state index contributed by atoms with van der Waals surface area (Å²) in [5.41, 5.74) is 0.781. The van der Waals surface area contributed by atoms with E-state index in [-0.39, 0.29) is 17.7 Å². The molecule has 2 unspecified atom stereocenters. The van der Waals surface area contributed by atoms with Crippen molar-refractivity contribution in [2.45, 2.75) is 38.4 Å². The maximum atomic E-state index is 13.6. The molecule has 4 rings (SSSR count). The van der Waals surface area contributed by atoms with Crippen molar-refractivity contribution in [1.82, 2.24) is 20.4 Å². The van der Waals surface area contributed by atoms with Crippen LogP contribution in [-0.4, -0.2) is 33.2 Å². The third-order valence-electron chi connectivity index (χ3n) is 4.59. The summed E-state index contributed by atoms with van der Waals surface area (Å²) in [5.74, 6) is 0.483. The molecule has 0 aliphatic carbocycles. The third kappa shape index (κ3) is 3.55. The van der Waals surface area contributed by atoms with Crippen LogP contribution in [0.4, 0.5) is 4.39 Å². The Labute approximate surface area is 158 Å². The molecular weight excluding hydrogens is 367 g/mol. The van der Waals surface area contributed by atoms with Gasteiger partial charge in [-0.3, -0.25) is 9.78 Å². The number of halogens is 1. The van der Waals surface area contributed by atoms with Crippen molar-refractivity contribution >= 4 is 5.91 Å². The number of aryl methyl sites for hydroxylation is 2. The summed E-state index contributed by atoms with van der Waals surface area (Å²) < 4.78 is 24.0. The smallest absolute Gasteiger partial charge is 0.336 e. The van der Waals surface area contributed by atoms with Crippen LogP contribution < -0.4 is 10.9 Å². The average molecular weight is 384 g/mol. The lowest BCUT2D eigenvalue weighted by molar-refractivity contribution is 0.0884. The highest BCUT2D eigenvalue weighted by Crippen LogP contribution is 2.23. The first-order valence-electron chi connectivity index (χ1n) is 8.86. The molecule has 3 aromatic heterocycles. The highest BCUT2D eigenvalue weighted by atomic mass is 19.1. The number of amides is 1. The van der Waals surface area contributed by atoms with Gasteiger partial charge in [0.05, 0.1) is 11.6 Å². The van der Waals surface area contributed by atoms with Crippen molar-refractivity contribution in [2.24, 2.45) is 0 Å². The van der Waals surface area contributed by atoms with Crippen LogP contribution in [0.15, 0.2) is 44.2 Å². The summed E-state index contributed by atoms with van der Waals surface area (Å²) in [7, 11) is 0. The molecule has 2 atom stereocenters. The fraction of sp³-hybridized carbons (Fsp3) is 0.316. The molecule has 0 radical (unpaired) electrons. The second kappa shape index (κ2) is 7.34. The largest absolute Gasteiger partial charge is 0.427 e. The first kappa shape index (κ1) is 18.0. The van der Waals surface area contributed by atoms with E-state index in [4.69, 9.17) is 8.94 Å². The van der Waals surface area contributed by atoms with Crippen molar-refractivity contribution in [1.29, 1.82) is 0 Å². The quantitative estimate of drug-likeness (QED) is 0.715. The van der Waals surface area contributed by atoms with Gasteiger partial charge in [-0.25, -0.2) is 9.18 Å². The number of alkyl halides is 1. The zero-order valence-electron chi connectivity index (χ0n) is 15.0. The minimum atomic E-state index is -1.25. The molecule has 0 aromatic carbocycles. The Kier molecular flexibility index (Phi) is 4.72. The summed E-state index contributed by atoms with van der Waals surface area (Å²) in [6.07, 6.45) is 1.18. The Hall–Kier alpha value is -3.36. The molecule has 9 heteroatoms. The fourth-order valence-corrected chi connectivity index (χ4v) is 3.17. The molecule has 0 bridgehead atoms. The van der Waals surface area contributed by atoms with Crippen LogP contribution in [-0.2, 0) is 19.3 Å². The molecule has 1 aliphatic heterocycles. The number of hydrogen-bond acceptors (Lipinski definition) is 7. The van der Waals surface area contributed by atoms with Crippen LogP contribution in [0.5, 0.6) is 0 Å². The molecule has 1 aliphatic rings. The predicted molar refractivity (Wildman–Crippen MR) is 95.4 cm³/mol. The molecule has 3 aromatic rings. The minimum absolute atomic E-state index is 0.133. The molecule has 0 saturated carbocycles. The van der Waals surface area contributed by atoms with Gasteiger partial charge >= 0.3 is 5.63 Å². The Balaban J connectivity index is 1.56. The Morgan fingerprint density at radius 1 is 1.32 bits per heavy atom. The summed E-state index contributed by atoms with van der Waals surface area (Å²) in [4.78, 5) is 32.8. The number of carbonyl (C=O) groups excluding carboxylic acids is 1. The lowest BCUT2D eigenvalue weighted by Crippen LogP contribution is -2.46. The van der Waals surface area contributed by atoms with Crippen LogP contribution in [0.2, 0.25) is 0 Å². The highest BCUT2D eigenvalue weighted by molar-refractivity contribution is 5.97. The van der Waals surface area contributed by atoms with Crippen LogP contribution in [0.3, 0.4) is 0 Å². The van der Waals surface area contributed by atoms with E-state index in [1.807, 2.05) is 6.07 Å². The number of carbonyl (C=O) groups is 1. The topological polar surface area (TPSA) is 111 Å². The predicted octanol–water partition coefficient (Wildman–Crippen LogP) is 1.88. The normalized spacial score (nSPS) is 17.1. The van der Waals surface area contributed by atoms with E-state index in [0.29, 0.717) is 35.8 Å². The third-order valence-corrected chi connectivity index (χ3v) is 4.59. The summed E-state index contributed by atoms with van der Waals surface area (Å²) >= 11 is 0. The van der Waals surface area contributed by atoms with Crippen molar-refractivity contribution in [3.63, 3.8) is 0 Å². The first-order chi connectivity index (χ1) is 13.5. The van der Waals surface area contributed by atoms with Gasteiger partial charge in [-0.05, 0) is 31.0 Å². The second-order valence-corrected chi connectivity index (χ2v) is 6.58. The van der Waals surface area contributed by atoms with Gasteiger partial charge in [-0.1, -0.05) is 11.2 Å². The van der Waals surface area contributed by atoms with Crippen molar-refractivity contribution in [3.05, 3.63) is 63.6 Å². The van der Waals surface area contributed by atoms with E-state index < -0.39 is 23.7 Å². The summed E-state index contributed by atoms with van der Waals surface area (Å²) in [5, 5.41) is 6.54. The van der Waals surface area contributed by atoms with Crippen molar-refractivity contribution in [2.75, 3.05) is 0 Å². The van der Waals surface area contributed by atoms with Gasteiger partial charge < -0.3 is 14.3 Å². The molecule has 1 N–H and O–H groups in total. The number of rotatable bonds is 5. The lowest BCUT2D eigenvalue weighted by atomic mass is 9.94. The van der Waals surface area contributed by atoms with Crippen LogP contribution in [0.1, 0.15) is 34.4 Å². The number of nitrogens with one attached hydrogen (secondary N) is 1. The molecule has 0 fully saturated rings. The fourth-order valence-electron chi connectivity index (χ4n) is 3.17. The van der Waals surface area contributed by atoms with Crippen LogP contribution in [0, 0.1) is 0 Å². The second-order valence-electron chi connectivity index (χ2n) is 6.58. The van der Waals surface area contributed by atoms with E-state index in [1.54, 1.807) is 18.3 Å². The summed E-state index contributed by atoms with van der Waals surface area (Å²) in [6.45, 7) is 1.35. The monoisotopic (exact) mass is 384 g/mol. The van der Waals surface area contributed by atoms with Gasteiger partial charge in [0.1, 0.15) is 17.6 Å². The van der Waals surface area contributed by atoms with Gasteiger partial charge in [0.15, 0.2) is 5.82 Å². The van der Waals surface area contributed by atoms with E-state index in [2.05, 4.69) is 20.4 Å². The van der Waals surface area contributed by atoms with Crippen LogP contribution in [0.25, 0.3) is 11.6 Å². The van der Waals surface area contributed by atoms with Gasteiger partial charge in [0.25, 0.3) is 11.8 Å². The Morgan fingerprint density at radius 2 is 2.18 bits per heavy atom. The number of nitrogens with zero attached hydrogens (tertiary/aromatic N) is 3. The zero-order chi connectivity index (χ0) is 19.7. The van der Waals surface area contributed by atoms with Crippen molar-refractivity contribution < 1.29 is 18.1 Å².